The van der Waals surface area contributed by atoms with Crippen molar-refractivity contribution in [2.45, 2.75) is 43.8 Å². The van der Waals surface area contributed by atoms with E-state index in [1.165, 1.54) is 48.7 Å². The summed E-state index contributed by atoms with van der Waals surface area (Å²) in [4.78, 5) is 12.2. The monoisotopic (exact) mass is 743 g/mol. The molecule has 2 aliphatic rings. The van der Waals surface area contributed by atoms with Gasteiger partial charge in [0.15, 0.2) is 0 Å². The van der Waals surface area contributed by atoms with Crippen LogP contribution in [0.15, 0.2) is 161 Å². The van der Waals surface area contributed by atoms with Crippen LogP contribution in [0, 0.1) is 12.8 Å². The summed E-state index contributed by atoms with van der Waals surface area (Å²) in [6.07, 6.45) is 23.5. The van der Waals surface area contributed by atoms with Crippen LogP contribution in [0.4, 0.5) is 0 Å². The van der Waals surface area contributed by atoms with Gasteiger partial charge in [0.25, 0.3) is 0 Å². The van der Waals surface area contributed by atoms with Gasteiger partial charge in [-0.1, -0.05) is 134 Å². The lowest BCUT2D eigenvalue weighted by Gasteiger charge is -2.22. The highest BCUT2D eigenvalue weighted by Gasteiger charge is 2.27. The van der Waals surface area contributed by atoms with Crippen LogP contribution in [-0.4, -0.2) is 19.8 Å². The first-order valence-corrected chi connectivity index (χ1v) is 20.3. The predicted octanol–water partition coefficient (Wildman–Crippen LogP) is 13.6. The van der Waals surface area contributed by atoms with Gasteiger partial charge in [-0.05, 0) is 90.4 Å². The van der Waals surface area contributed by atoms with Crippen molar-refractivity contribution in [1.29, 1.82) is 0 Å². The Kier molecular flexibility index (Phi) is 8.49. The normalized spacial score (nSPS) is 18.2. The first-order valence-electron chi connectivity index (χ1n) is 19.4. The van der Waals surface area contributed by atoms with Crippen LogP contribution < -0.4 is 0 Å². The van der Waals surface area contributed by atoms with Gasteiger partial charge in [-0.25, -0.2) is 4.98 Å². The number of para-hydroxylation sites is 2. The average molecular weight is 744 g/mol. The molecule has 0 N–H and O–H groups in total. The van der Waals surface area contributed by atoms with Gasteiger partial charge in [-0.2, -0.15) is 4.98 Å². The van der Waals surface area contributed by atoms with E-state index in [1.54, 1.807) is 0 Å². The summed E-state index contributed by atoms with van der Waals surface area (Å²) in [7, 11) is 0. The average Bonchev–Trinajstić information content (AvgIpc) is 3.79. The van der Waals surface area contributed by atoms with E-state index >= 15 is 0 Å². The number of nitrogens with zero attached hydrogens (tertiary/aromatic N) is 3. The molecule has 2 atom stereocenters. The molecule has 8 aromatic rings. The first-order chi connectivity index (χ1) is 27.5. The number of allylic oxidation sites excluding steroid dienone is 9. The second-order valence-corrected chi connectivity index (χ2v) is 16.3. The van der Waals surface area contributed by atoms with Gasteiger partial charge in [0.2, 0.25) is 11.7 Å². The standard InChI is InChI=1S/C51H41N3OS/c1-5-6-8-17-31(2)34-26-27-35-30-42(32(3)28-36(35)29-34)47-46-41-23-14-16-25-44(41)55-50(46)53-51(52-47)54-43-24-15-13-22-40(43)45-38-20-12-11-19-37(38)39-21-10-7-9-18-33(4)56-49(39)48(45)54/h5-20,22-28,30,33-34H,2,21,29H2,1,3-4H3/b6-5-,10-7-,17-8-,18-9-/t33-,34?/m0/s1. The molecular formula is C51H41N3OS. The Morgan fingerprint density at radius 3 is 2.52 bits per heavy atom. The highest BCUT2D eigenvalue weighted by molar-refractivity contribution is 8.00. The molecule has 3 aromatic heterocycles. The number of benzene rings is 5. The molecule has 4 nitrogen and oxygen atoms in total. The minimum atomic E-state index is 0.256. The minimum Gasteiger partial charge on any atom is -0.437 e. The van der Waals surface area contributed by atoms with E-state index in [2.05, 4.69) is 146 Å². The summed E-state index contributed by atoms with van der Waals surface area (Å²) in [5.74, 6) is 0.859. The van der Waals surface area contributed by atoms with Gasteiger partial charge >= 0.3 is 0 Å². The number of hydrogen-bond acceptors (Lipinski definition) is 4. The molecule has 5 heteroatoms. The fourth-order valence-corrected chi connectivity index (χ4v) is 9.86. The van der Waals surface area contributed by atoms with Crippen molar-refractivity contribution in [2.75, 3.05) is 0 Å². The van der Waals surface area contributed by atoms with E-state index in [-0.39, 0.29) is 11.2 Å². The molecule has 0 spiro atoms. The molecule has 5 aromatic carbocycles. The quantitative estimate of drug-likeness (QED) is 0.165. The number of rotatable bonds is 5. The van der Waals surface area contributed by atoms with Crippen molar-refractivity contribution >= 4 is 72.5 Å². The molecule has 56 heavy (non-hydrogen) atoms. The molecule has 272 valence electrons. The van der Waals surface area contributed by atoms with Gasteiger partial charge < -0.3 is 4.42 Å². The Hall–Kier alpha value is -6.17. The SMILES string of the molecule is C=C(/C=C\C=C/C)C1C=Cc2cc(-c3nc(-n4c5ccccc5c5c6ccccc6c6c(c54)S[C@@H](C)/C=C\C=C/C6)nc4oc5ccccc5c34)c(C)cc2C1. The number of aryl methyl sites for hydroxylation is 1. The smallest absolute Gasteiger partial charge is 0.238 e. The number of aromatic nitrogens is 3. The molecule has 0 fully saturated rings. The van der Waals surface area contributed by atoms with Crippen molar-refractivity contribution in [1.82, 2.24) is 14.5 Å². The Morgan fingerprint density at radius 2 is 1.66 bits per heavy atom. The van der Waals surface area contributed by atoms with E-state index < -0.39 is 0 Å². The molecule has 0 radical (unpaired) electrons. The second-order valence-electron chi connectivity index (χ2n) is 14.9. The third kappa shape index (κ3) is 5.60. The molecule has 1 aliphatic heterocycles. The van der Waals surface area contributed by atoms with Gasteiger partial charge in [0.1, 0.15) is 5.58 Å². The largest absolute Gasteiger partial charge is 0.437 e. The van der Waals surface area contributed by atoms with Crippen molar-refractivity contribution in [3.8, 4) is 17.2 Å². The fourth-order valence-electron chi connectivity index (χ4n) is 8.68. The molecule has 4 heterocycles. The Morgan fingerprint density at radius 1 is 0.875 bits per heavy atom. The zero-order valence-corrected chi connectivity index (χ0v) is 32.6. The third-order valence-corrected chi connectivity index (χ3v) is 12.6. The minimum absolute atomic E-state index is 0.256. The summed E-state index contributed by atoms with van der Waals surface area (Å²) in [5, 5.41) is 7.14. The van der Waals surface area contributed by atoms with Crippen molar-refractivity contribution in [3.63, 3.8) is 0 Å². The maximum Gasteiger partial charge on any atom is 0.238 e. The van der Waals surface area contributed by atoms with Gasteiger partial charge in [-0.15, -0.1) is 11.8 Å². The zero-order chi connectivity index (χ0) is 37.9. The second kappa shape index (κ2) is 13.8. The summed E-state index contributed by atoms with van der Waals surface area (Å²) in [5.41, 5.74) is 11.7. The highest BCUT2D eigenvalue weighted by atomic mass is 32.2. The lowest BCUT2D eigenvalue weighted by molar-refractivity contribution is 0.651. The lowest BCUT2D eigenvalue weighted by Crippen LogP contribution is -2.09. The maximum absolute atomic E-state index is 6.64. The van der Waals surface area contributed by atoms with Crippen molar-refractivity contribution in [3.05, 3.63) is 174 Å². The van der Waals surface area contributed by atoms with Crippen LogP contribution in [-0.2, 0) is 12.8 Å². The first kappa shape index (κ1) is 34.3. The van der Waals surface area contributed by atoms with Crippen LogP contribution in [0.3, 0.4) is 0 Å². The Bertz CT molecular complexity index is 3080. The van der Waals surface area contributed by atoms with E-state index in [0.717, 1.165) is 57.1 Å². The summed E-state index contributed by atoms with van der Waals surface area (Å²) in [6.45, 7) is 10.9. The zero-order valence-electron chi connectivity index (χ0n) is 31.8. The van der Waals surface area contributed by atoms with Crippen LogP contribution >= 0.6 is 11.8 Å². The van der Waals surface area contributed by atoms with Crippen molar-refractivity contribution in [2.24, 2.45) is 5.92 Å². The number of thioether (sulfide) groups is 1. The van der Waals surface area contributed by atoms with Crippen LogP contribution in [0.2, 0.25) is 0 Å². The maximum atomic E-state index is 6.64. The molecular weight excluding hydrogens is 703 g/mol. The van der Waals surface area contributed by atoms with Gasteiger partial charge in [0.05, 0.1) is 22.1 Å². The molecule has 0 saturated heterocycles. The van der Waals surface area contributed by atoms with E-state index in [4.69, 9.17) is 14.4 Å². The van der Waals surface area contributed by atoms with Crippen LogP contribution in [0.25, 0.3) is 77.9 Å². The Balaban J connectivity index is 1.26. The molecule has 1 aliphatic carbocycles. The summed E-state index contributed by atoms with van der Waals surface area (Å²) < 4.78 is 8.95. The fraction of sp³-hybridized carbons (Fsp3) is 0.137. The Labute approximate surface area is 331 Å². The van der Waals surface area contributed by atoms with Gasteiger partial charge in [-0.3, -0.25) is 4.57 Å². The highest BCUT2D eigenvalue weighted by Crippen LogP contribution is 2.47. The topological polar surface area (TPSA) is 43.9 Å². The van der Waals surface area contributed by atoms with E-state index in [9.17, 15) is 0 Å². The number of hydrogen-bond donors (Lipinski definition) is 0. The van der Waals surface area contributed by atoms with Crippen LogP contribution in [0.5, 0.6) is 0 Å². The predicted molar refractivity (Wildman–Crippen MR) is 238 cm³/mol. The van der Waals surface area contributed by atoms with Crippen LogP contribution in [0.1, 0.15) is 36.1 Å². The lowest BCUT2D eigenvalue weighted by atomic mass is 9.83. The third-order valence-electron chi connectivity index (χ3n) is 11.3. The number of fused-ring (bicyclic) bond motifs is 12. The molecule has 0 saturated carbocycles. The van der Waals surface area contributed by atoms with E-state index in [1.807, 2.05) is 43.0 Å². The molecule has 10 rings (SSSR count). The number of furan rings is 1. The summed E-state index contributed by atoms with van der Waals surface area (Å²) in [6, 6.07) is 30.5. The molecule has 0 bridgehead atoms. The van der Waals surface area contributed by atoms with E-state index in [0.29, 0.717) is 11.7 Å². The molecule has 1 unspecified atom stereocenters. The molecule has 0 amide bonds. The van der Waals surface area contributed by atoms with Crippen molar-refractivity contribution < 1.29 is 4.42 Å². The summed E-state index contributed by atoms with van der Waals surface area (Å²) >= 11 is 1.91. The van der Waals surface area contributed by atoms with Gasteiger partial charge in [0, 0.05) is 37.8 Å².